The first-order chi connectivity index (χ1) is 18.5. The first-order valence-corrected chi connectivity index (χ1v) is 13.4. The maximum Gasteiger partial charge on any atom is 0.431 e. The van der Waals surface area contributed by atoms with Gasteiger partial charge in [-0.05, 0) is 41.0 Å². The second-order valence-electron chi connectivity index (χ2n) is 9.21. The molecule has 1 aliphatic rings. The molecule has 0 bridgehead atoms. The summed E-state index contributed by atoms with van der Waals surface area (Å²) in [5.41, 5.74) is -5.31. The summed E-state index contributed by atoms with van der Waals surface area (Å²) in [6.45, 7) is 0. The lowest BCUT2D eigenvalue weighted by Crippen LogP contribution is -2.62. The van der Waals surface area contributed by atoms with Gasteiger partial charge < -0.3 is 5.11 Å². The minimum atomic E-state index is -6.09. The Bertz CT molecular complexity index is 1530. The molecule has 40 heavy (non-hydrogen) atoms. The van der Waals surface area contributed by atoms with Crippen LogP contribution in [0.4, 0.5) is 32.0 Å². The molecular formula is C26H22ClF6N3O3S. The van der Waals surface area contributed by atoms with E-state index in [2.05, 4.69) is 5.10 Å². The van der Waals surface area contributed by atoms with Gasteiger partial charge in [0.25, 0.3) is 5.60 Å². The highest BCUT2D eigenvalue weighted by Gasteiger charge is 2.74. The Morgan fingerprint density at radius 2 is 1.50 bits per heavy atom. The van der Waals surface area contributed by atoms with Crippen molar-refractivity contribution in [3.8, 4) is 11.1 Å². The van der Waals surface area contributed by atoms with Gasteiger partial charge in [-0.1, -0.05) is 60.1 Å². The smallest absolute Gasteiger partial charge is 0.369 e. The summed E-state index contributed by atoms with van der Waals surface area (Å²) in [5, 5.41) is 14.6. The quantitative estimate of drug-likeness (QED) is 0.329. The number of hydrogen-bond donors (Lipinski definition) is 1. The van der Waals surface area contributed by atoms with Crippen molar-refractivity contribution in [2.45, 2.75) is 35.3 Å². The Morgan fingerprint density at radius 1 is 0.900 bits per heavy atom. The van der Waals surface area contributed by atoms with Crippen LogP contribution in [-0.2, 0) is 10.0 Å². The predicted octanol–water partition coefficient (Wildman–Crippen LogP) is 6.42. The summed E-state index contributed by atoms with van der Waals surface area (Å²) in [6, 6.07) is 16.8. The molecule has 3 aromatic carbocycles. The SMILES string of the molecule is CN(C)S(=O)(=O)c1cccc(-c2ccc(C3CC(C(O)(C(F)(F)F)C(F)(F)F)=NN3c3ccccc3Cl)cc2)c1. The predicted molar refractivity (Wildman–Crippen MR) is 139 cm³/mol. The Morgan fingerprint density at radius 3 is 2.05 bits per heavy atom. The van der Waals surface area contributed by atoms with E-state index in [1.807, 2.05) is 0 Å². The van der Waals surface area contributed by atoms with Crippen LogP contribution in [0.2, 0.25) is 5.02 Å². The van der Waals surface area contributed by atoms with Crippen LogP contribution in [-0.4, -0.2) is 55.6 Å². The van der Waals surface area contributed by atoms with Gasteiger partial charge in [0.15, 0.2) is 0 Å². The topological polar surface area (TPSA) is 73.2 Å². The average Bonchev–Trinajstić information content (AvgIpc) is 3.32. The number of benzene rings is 3. The van der Waals surface area contributed by atoms with Crippen molar-refractivity contribution in [3.63, 3.8) is 0 Å². The van der Waals surface area contributed by atoms with Crippen LogP contribution in [0.3, 0.4) is 0 Å². The lowest BCUT2D eigenvalue weighted by Gasteiger charge is -2.32. The average molecular weight is 606 g/mol. The van der Waals surface area contributed by atoms with Gasteiger partial charge in [-0.2, -0.15) is 31.4 Å². The van der Waals surface area contributed by atoms with E-state index in [4.69, 9.17) is 11.6 Å². The molecule has 6 nitrogen and oxygen atoms in total. The maximum atomic E-state index is 13.7. The minimum absolute atomic E-state index is 0.0237. The second kappa shape index (κ2) is 10.4. The van der Waals surface area contributed by atoms with Crippen molar-refractivity contribution in [1.29, 1.82) is 0 Å². The van der Waals surface area contributed by atoms with Gasteiger partial charge in [0.05, 0.1) is 27.4 Å². The molecule has 214 valence electrons. The van der Waals surface area contributed by atoms with Gasteiger partial charge in [-0.25, -0.2) is 12.7 Å². The normalized spacial score (nSPS) is 16.9. The minimum Gasteiger partial charge on any atom is -0.369 e. The van der Waals surface area contributed by atoms with Crippen molar-refractivity contribution in [3.05, 3.63) is 83.4 Å². The number of sulfonamides is 1. The Labute approximate surface area is 231 Å². The maximum absolute atomic E-state index is 13.7. The van der Waals surface area contributed by atoms with E-state index in [0.717, 1.165) is 9.31 Å². The summed E-state index contributed by atoms with van der Waals surface area (Å²) in [6.07, 6.45) is -13.1. The molecule has 14 heteroatoms. The van der Waals surface area contributed by atoms with Crippen molar-refractivity contribution in [2.75, 3.05) is 19.1 Å². The molecule has 0 fully saturated rings. The van der Waals surface area contributed by atoms with E-state index in [1.54, 1.807) is 24.3 Å². The molecule has 0 spiro atoms. The Kier molecular flexibility index (Phi) is 7.73. The van der Waals surface area contributed by atoms with Crippen LogP contribution < -0.4 is 5.01 Å². The first kappa shape index (κ1) is 29.8. The number of hydrogen-bond acceptors (Lipinski definition) is 5. The number of hydrazone groups is 1. The number of para-hydroxylation sites is 1. The van der Waals surface area contributed by atoms with Crippen molar-refractivity contribution in [1.82, 2.24) is 4.31 Å². The van der Waals surface area contributed by atoms with Gasteiger partial charge in [-0.3, -0.25) is 5.01 Å². The van der Waals surface area contributed by atoms with E-state index in [9.17, 15) is 39.9 Å². The van der Waals surface area contributed by atoms with Gasteiger partial charge in [0.2, 0.25) is 10.0 Å². The van der Waals surface area contributed by atoms with Crippen molar-refractivity contribution < 1.29 is 39.9 Å². The molecule has 0 radical (unpaired) electrons. The Hall–Kier alpha value is -3.13. The highest BCUT2D eigenvalue weighted by molar-refractivity contribution is 7.89. The van der Waals surface area contributed by atoms with E-state index in [1.165, 1.54) is 62.6 Å². The third-order valence-corrected chi connectivity index (χ3v) is 8.62. The summed E-state index contributed by atoms with van der Waals surface area (Å²) in [4.78, 5) is 0.0383. The fourth-order valence-electron chi connectivity index (χ4n) is 4.28. The highest BCUT2D eigenvalue weighted by Crippen LogP contribution is 2.49. The largest absolute Gasteiger partial charge is 0.431 e. The fraction of sp³-hybridized carbons (Fsp3) is 0.269. The lowest BCUT2D eigenvalue weighted by molar-refractivity contribution is -0.338. The van der Waals surface area contributed by atoms with E-state index in [0.29, 0.717) is 11.1 Å². The molecule has 4 rings (SSSR count). The number of aliphatic hydroxyl groups is 1. The van der Waals surface area contributed by atoms with E-state index >= 15 is 0 Å². The number of rotatable bonds is 6. The molecule has 1 atom stereocenters. The first-order valence-electron chi connectivity index (χ1n) is 11.6. The second-order valence-corrected chi connectivity index (χ2v) is 11.8. The molecule has 0 aliphatic carbocycles. The van der Waals surface area contributed by atoms with Gasteiger partial charge in [0.1, 0.15) is 0 Å². The summed E-state index contributed by atoms with van der Waals surface area (Å²) >= 11 is 6.21. The monoisotopic (exact) mass is 605 g/mol. The van der Waals surface area contributed by atoms with Gasteiger partial charge in [-0.15, -0.1) is 0 Å². The van der Waals surface area contributed by atoms with Crippen LogP contribution in [0.5, 0.6) is 0 Å². The summed E-state index contributed by atoms with van der Waals surface area (Å²) in [7, 11) is -0.949. The Balaban J connectivity index is 1.76. The zero-order chi connectivity index (χ0) is 29.7. The molecule has 1 heterocycles. The van der Waals surface area contributed by atoms with Gasteiger partial charge in [0, 0.05) is 20.5 Å². The molecule has 0 saturated carbocycles. The zero-order valence-corrected chi connectivity index (χ0v) is 22.4. The molecule has 1 aliphatic heterocycles. The van der Waals surface area contributed by atoms with Crippen LogP contribution >= 0.6 is 11.6 Å². The third-order valence-electron chi connectivity index (χ3n) is 6.49. The standard InChI is InChI=1S/C26H22ClF6N3O3S/c1-35(2)40(38,39)19-7-5-6-18(14-19)16-10-12-17(13-11-16)22-15-23(24(37,25(28,29)30)26(31,32)33)34-36(22)21-9-4-3-8-20(21)27/h3-14,22,37H,15H2,1-2H3. The molecule has 0 aromatic heterocycles. The third kappa shape index (κ3) is 5.18. The van der Waals surface area contributed by atoms with Gasteiger partial charge >= 0.3 is 12.4 Å². The van der Waals surface area contributed by atoms with Crippen LogP contribution in [0.15, 0.2) is 82.8 Å². The molecule has 1 unspecified atom stereocenters. The van der Waals surface area contributed by atoms with Crippen LogP contribution in [0.25, 0.3) is 11.1 Å². The molecule has 1 N–H and O–H groups in total. The van der Waals surface area contributed by atoms with Crippen LogP contribution in [0, 0.1) is 0 Å². The fourth-order valence-corrected chi connectivity index (χ4v) is 5.45. The molecule has 0 saturated heterocycles. The summed E-state index contributed by atoms with van der Waals surface area (Å²) < 4.78 is 108. The van der Waals surface area contributed by atoms with Crippen molar-refractivity contribution >= 4 is 33.0 Å². The highest BCUT2D eigenvalue weighted by atomic mass is 35.5. The molecule has 3 aromatic rings. The lowest BCUT2D eigenvalue weighted by atomic mass is 9.89. The molecular weight excluding hydrogens is 584 g/mol. The zero-order valence-electron chi connectivity index (χ0n) is 20.9. The van der Waals surface area contributed by atoms with Crippen LogP contribution in [0.1, 0.15) is 18.0 Å². The number of anilines is 1. The number of nitrogens with zero attached hydrogens (tertiary/aromatic N) is 3. The van der Waals surface area contributed by atoms with E-state index in [-0.39, 0.29) is 21.2 Å². The number of halogens is 7. The van der Waals surface area contributed by atoms with Crippen molar-refractivity contribution in [2.24, 2.45) is 5.10 Å². The van der Waals surface area contributed by atoms with E-state index < -0.39 is 46.2 Å². The molecule has 0 amide bonds. The summed E-state index contributed by atoms with van der Waals surface area (Å²) in [5.74, 6) is 0. The number of alkyl halides is 6.